The molecule has 0 saturated carbocycles. The highest BCUT2D eigenvalue weighted by molar-refractivity contribution is 7.88. The van der Waals surface area contributed by atoms with Gasteiger partial charge in [-0.15, -0.1) is 0 Å². The number of piperazine rings is 1. The van der Waals surface area contributed by atoms with E-state index in [0.717, 1.165) is 22.4 Å². The van der Waals surface area contributed by atoms with Crippen LogP contribution in [-0.2, 0) is 26.0 Å². The van der Waals surface area contributed by atoms with Crippen molar-refractivity contribution < 1.29 is 22.7 Å². The number of amidine groups is 1. The van der Waals surface area contributed by atoms with E-state index in [1.165, 1.54) is 17.7 Å². The van der Waals surface area contributed by atoms with E-state index in [1.807, 2.05) is 35.4 Å². The van der Waals surface area contributed by atoms with Gasteiger partial charge < -0.3 is 15.4 Å². The van der Waals surface area contributed by atoms with Crippen LogP contribution in [0.25, 0.3) is 5.57 Å². The first kappa shape index (κ1) is 29.6. The number of nitrogens with zero attached hydrogens (tertiary/aromatic N) is 4. The Bertz CT molecular complexity index is 1530. The first-order chi connectivity index (χ1) is 20.0. The van der Waals surface area contributed by atoms with Crippen molar-refractivity contribution in [1.29, 1.82) is 5.41 Å². The van der Waals surface area contributed by atoms with Crippen LogP contribution < -0.4 is 5.73 Å². The van der Waals surface area contributed by atoms with Crippen LogP contribution in [0.3, 0.4) is 0 Å². The van der Waals surface area contributed by atoms with Gasteiger partial charge in [0.1, 0.15) is 5.84 Å². The number of allylic oxidation sites excluding steroid dienone is 1. The third kappa shape index (κ3) is 6.45. The summed E-state index contributed by atoms with van der Waals surface area (Å²) in [6, 6.07) is 14.4. The third-order valence-corrected chi connectivity index (χ3v) is 9.59. The van der Waals surface area contributed by atoms with E-state index in [-0.39, 0.29) is 36.2 Å². The van der Waals surface area contributed by atoms with Crippen molar-refractivity contribution in [2.75, 3.05) is 46.1 Å². The van der Waals surface area contributed by atoms with Gasteiger partial charge in [0.05, 0.1) is 25.8 Å². The van der Waals surface area contributed by atoms with Gasteiger partial charge in [-0.05, 0) is 35.3 Å². The van der Waals surface area contributed by atoms with Gasteiger partial charge in [-0.1, -0.05) is 36.4 Å². The number of esters is 1. The largest absolute Gasteiger partial charge is 0.469 e. The summed E-state index contributed by atoms with van der Waals surface area (Å²) >= 11 is 0. The molecule has 3 N–H and O–H groups in total. The molecule has 0 radical (unpaired) electrons. The number of ether oxygens (including phenoxy) is 1. The molecule has 0 spiro atoms. The van der Waals surface area contributed by atoms with E-state index in [1.54, 1.807) is 24.3 Å². The van der Waals surface area contributed by atoms with Crippen molar-refractivity contribution in [3.63, 3.8) is 0 Å². The molecule has 2 aromatic rings. The van der Waals surface area contributed by atoms with E-state index in [4.69, 9.17) is 20.9 Å². The molecule has 0 aromatic heterocycles. The summed E-state index contributed by atoms with van der Waals surface area (Å²) in [6.07, 6.45) is 4.61. The Morgan fingerprint density at radius 3 is 2.26 bits per heavy atom. The zero-order valence-corrected chi connectivity index (χ0v) is 24.6. The quantitative estimate of drug-likeness (QED) is 0.269. The molecule has 0 unspecified atom stereocenters. The maximum atomic E-state index is 13.8. The lowest BCUT2D eigenvalue weighted by molar-refractivity contribution is -0.139. The number of sulfonamides is 1. The highest BCUT2D eigenvalue weighted by Gasteiger charge is 2.42. The molecule has 42 heavy (non-hydrogen) atoms. The molecule has 5 rings (SSSR count). The number of hydrogen-bond donors (Lipinski definition) is 2. The molecule has 11 nitrogen and oxygen atoms in total. The number of nitrogens with one attached hydrogen (secondary N) is 1. The summed E-state index contributed by atoms with van der Waals surface area (Å²) in [6.45, 7) is 2.58. The van der Waals surface area contributed by atoms with Gasteiger partial charge in [-0.2, -0.15) is 4.31 Å². The number of methoxy groups -OCH3 is 1. The number of hydrogen-bond acceptors (Lipinski definition) is 8. The zero-order chi connectivity index (χ0) is 30.0. The van der Waals surface area contributed by atoms with Crippen molar-refractivity contribution in [3.8, 4) is 0 Å². The molecular formula is C30H36N6O5S. The molecule has 1 amide bonds. The van der Waals surface area contributed by atoms with Crippen LogP contribution in [0.5, 0.6) is 0 Å². The predicted octanol–water partition coefficient (Wildman–Crippen LogP) is 1.73. The maximum absolute atomic E-state index is 13.8. The van der Waals surface area contributed by atoms with Crippen LogP contribution in [-0.4, -0.2) is 104 Å². The second-order valence-corrected chi connectivity index (χ2v) is 12.9. The number of aliphatic imine (C=N–C) groups is 1. The Balaban J connectivity index is 1.32. The van der Waals surface area contributed by atoms with Crippen LogP contribution in [0, 0.1) is 5.41 Å². The predicted molar refractivity (Wildman–Crippen MR) is 161 cm³/mol. The summed E-state index contributed by atoms with van der Waals surface area (Å²) in [5.41, 5.74) is 10.5. The van der Waals surface area contributed by atoms with E-state index in [9.17, 15) is 18.0 Å². The van der Waals surface area contributed by atoms with Crippen LogP contribution >= 0.6 is 0 Å². The van der Waals surface area contributed by atoms with Crippen molar-refractivity contribution >= 4 is 39.0 Å². The summed E-state index contributed by atoms with van der Waals surface area (Å²) < 4.78 is 30.3. The van der Waals surface area contributed by atoms with Crippen molar-refractivity contribution in [2.24, 2.45) is 10.7 Å². The van der Waals surface area contributed by atoms with Gasteiger partial charge in [-0.3, -0.25) is 24.9 Å². The summed E-state index contributed by atoms with van der Waals surface area (Å²) in [5.74, 6) is -0.461. The van der Waals surface area contributed by atoms with Gasteiger partial charge in [0.2, 0.25) is 10.0 Å². The highest BCUT2D eigenvalue weighted by Crippen LogP contribution is 2.33. The number of rotatable bonds is 8. The second kappa shape index (κ2) is 12.2. The van der Waals surface area contributed by atoms with Crippen molar-refractivity contribution in [2.45, 2.75) is 31.3 Å². The van der Waals surface area contributed by atoms with Crippen LogP contribution in [0.15, 0.2) is 59.7 Å². The molecule has 2 saturated heterocycles. The zero-order valence-electron chi connectivity index (χ0n) is 23.8. The molecule has 3 aliphatic heterocycles. The van der Waals surface area contributed by atoms with Gasteiger partial charge >= 0.3 is 5.97 Å². The van der Waals surface area contributed by atoms with E-state index < -0.39 is 10.0 Å². The molecule has 2 fully saturated rings. The Morgan fingerprint density at radius 2 is 1.67 bits per heavy atom. The number of nitrogen functional groups attached to an aromatic ring is 1. The molecule has 0 bridgehead atoms. The second-order valence-electron chi connectivity index (χ2n) is 11.0. The van der Waals surface area contributed by atoms with Gasteiger partial charge in [0, 0.05) is 68.2 Å². The summed E-state index contributed by atoms with van der Waals surface area (Å²) in [7, 11) is -1.87. The molecular weight excluding hydrogens is 556 g/mol. The topological polar surface area (TPSA) is 149 Å². The normalized spacial score (nSPS) is 21.6. The molecule has 2 aromatic carbocycles. The minimum absolute atomic E-state index is 0.0569. The number of amides is 1. The van der Waals surface area contributed by atoms with E-state index in [2.05, 4.69) is 4.90 Å². The fourth-order valence-electron chi connectivity index (χ4n) is 5.88. The summed E-state index contributed by atoms with van der Waals surface area (Å²) in [5, 5.41) is 7.65. The smallest absolute Gasteiger partial charge is 0.309 e. The fraction of sp³-hybridized carbons (Fsp3) is 0.400. The fourth-order valence-corrected chi connectivity index (χ4v) is 6.71. The number of benzene rings is 2. The monoisotopic (exact) mass is 592 g/mol. The Labute approximate surface area is 246 Å². The molecule has 12 heteroatoms. The highest BCUT2D eigenvalue weighted by atomic mass is 32.2. The lowest BCUT2D eigenvalue weighted by atomic mass is 9.96. The number of nitrogens with two attached hydrogens (primary N) is 1. The molecule has 0 aliphatic carbocycles. The van der Waals surface area contributed by atoms with Gasteiger partial charge in [-0.25, -0.2) is 8.42 Å². The average molecular weight is 593 g/mol. The van der Waals surface area contributed by atoms with Crippen LogP contribution in [0.1, 0.15) is 39.9 Å². The van der Waals surface area contributed by atoms with Gasteiger partial charge in [0.15, 0.2) is 0 Å². The first-order valence-corrected chi connectivity index (χ1v) is 15.7. The molecule has 3 aliphatic rings. The Hall–Kier alpha value is -3.87. The SMILES string of the molecule is COC(=O)Cc1ccc(C2=CN=C([C@@H]3C[C@H](N4CCN(S(C)(=O)=O)CC4)CN3C(=O)c3ccc(C(=N)N)cc3)C2)cc1. The lowest BCUT2D eigenvalue weighted by Gasteiger charge is -2.36. The number of carbonyl (C=O) groups is 2. The Morgan fingerprint density at radius 1 is 1.02 bits per heavy atom. The van der Waals surface area contributed by atoms with Gasteiger partial charge in [0.25, 0.3) is 5.91 Å². The van der Waals surface area contributed by atoms with Crippen LogP contribution in [0.4, 0.5) is 0 Å². The number of likely N-dealkylation sites (tertiary alicyclic amines) is 1. The minimum Gasteiger partial charge on any atom is -0.469 e. The van der Waals surface area contributed by atoms with E-state index in [0.29, 0.717) is 56.7 Å². The van der Waals surface area contributed by atoms with E-state index >= 15 is 0 Å². The van der Waals surface area contributed by atoms with Crippen molar-refractivity contribution in [1.82, 2.24) is 14.1 Å². The maximum Gasteiger partial charge on any atom is 0.309 e. The summed E-state index contributed by atoms with van der Waals surface area (Å²) in [4.78, 5) is 34.4. The minimum atomic E-state index is -3.24. The standard InChI is InChI=1S/C30H36N6O5S/c1-41-28(37)15-20-3-5-21(6-4-20)24-16-26(33-18-24)27-17-25(34-11-13-35(14-12-34)42(2,39)40)19-36(27)30(38)23-9-7-22(8-10-23)29(31)32/h3-10,18,25,27H,11-17,19H2,1-2H3,(H3,31,32)/t25-,27-/m0/s1. The molecule has 2 atom stereocenters. The molecule has 222 valence electrons. The first-order valence-electron chi connectivity index (χ1n) is 13.9. The van der Waals surface area contributed by atoms with Crippen LogP contribution in [0.2, 0.25) is 0 Å². The average Bonchev–Trinajstić information content (AvgIpc) is 3.65. The molecule has 3 heterocycles. The Kier molecular flexibility index (Phi) is 8.58. The van der Waals surface area contributed by atoms with Crippen molar-refractivity contribution in [3.05, 3.63) is 77.0 Å². The third-order valence-electron chi connectivity index (χ3n) is 8.28. The number of carbonyl (C=O) groups excluding carboxylic acids is 2. The lowest BCUT2D eigenvalue weighted by Crippen LogP contribution is -2.52.